The molecular weight excluding hydrogens is 416 g/mol. The van der Waals surface area contributed by atoms with Crippen LogP contribution in [0.2, 0.25) is 0 Å². The quantitative estimate of drug-likeness (QED) is 0.561. The number of aromatic nitrogens is 2. The van der Waals surface area contributed by atoms with E-state index in [9.17, 15) is 14.7 Å². The Morgan fingerprint density at radius 3 is 2.61 bits per heavy atom. The van der Waals surface area contributed by atoms with Crippen molar-refractivity contribution in [2.75, 3.05) is 5.32 Å². The normalized spacial score (nSPS) is 22.2. The van der Waals surface area contributed by atoms with E-state index in [1.807, 2.05) is 18.2 Å². The first-order valence-corrected chi connectivity index (χ1v) is 11.6. The largest absolute Gasteiger partial charge is 0.481 e. The summed E-state index contributed by atoms with van der Waals surface area (Å²) in [5, 5.41) is 21.3. The van der Waals surface area contributed by atoms with Crippen LogP contribution in [0.3, 0.4) is 0 Å². The lowest BCUT2D eigenvalue weighted by Gasteiger charge is -2.30. The molecule has 1 aromatic carbocycles. The molecule has 172 valence electrons. The highest BCUT2D eigenvalue weighted by atomic mass is 16.4. The van der Waals surface area contributed by atoms with Gasteiger partial charge in [0.05, 0.1) is 5.92 Å². The molecular formula is C26H30N4O3. The zero-order valence-corrected chi connectivity index (χ0v) is 19.1. The van der Waals surface area contributed by atoms with Crippen molar-refractivity contribution in [3.63, 3.8) is 0 Å². The number of carboxylic acids is 1. The number of nitrogens with one attached hydrogen (secondary N) is 2. The summed E-state index contributed by atoms with van der Waals surface area (Å²) >= 11 is 0. The fourth-order valence-corrected chi connectivity index (χ4v) is 4.86. The minimum atomic E-state index is -0.695. The molecule has 7 heteroatoms. The van der Waals surface area contributed by atoms with Gasteiger partial charge in [-0.1, -0.05) is 26.0 Å². The molecule has 0 unspecified atom stereocenters. The van der Waals surface area contributed by atoms with E-state index in [-0.39, 0.29) is 28.8 Å². The van der Waals surface area contributed by atoms with Crippen molar-refractivity contribution in [2.24, 2.45) is 11.3 Å². The van der Waals surface area contributed by atoms with Gasteiger partial charge in [0.2, 0.25) is 0 Å². The van der Waals surface area contributed by atoms with Gasteiger partial charge in [0.25, 0.3) is 5.91 Å². The van der Waals surface area contributed by atoms with Gasteiger partial charge in [-0.25, -0.2) is 4.98 Å². The summed E-state index contributed by atoms with van der Waals surface area (Å²) < 4.78 is 0. The molecule has 0 spiro atoms. The predicted molar refractivity (Wildman–Crippen MR) is 126 cm³/mol. The van der Waals surface area contributed by atoms with Crippen LogP contribution in [-0.4, -0.2) is 27.0 Å². The molecule has 2 aliphatic rings. The Morgan fingerprint density at radius 2 is 2.00 bits per heavy atom. The highest BCUT2D eigenvalue weighted by Crippen LogP contribution is 2.42. The molecule has 1 heterocycles. The summed E-state index contributed by atoms with van der Waals surface area (Å²) in [5.74, 6) is -0.890. The number of aliphatic carboxylic acids is 1. The van der Waals surface area contributed by atoms with Crippen LogP contribution in [0.5, 0.6) is 0 Å². The number of benzene rings is 1. The first-order chi connectivity index (χ1) is 15.8. The second kappa shape index (κ2) is 9.22. The monoisotopic (exact) mass is 446 g/mol. The molecule has 0 radical (unpaired) electrons. The first-order valence-electron chi connectivity index (χ1n) is 11.6. The van der Waals surface area contributed by atoms with Crippen LogP contribution in [-0.2, 0) is 4.79 Å². The van der Waals surface area contributed by atoms with Crippen molar-refractivity contribution in [1.82, 2.24) is 9.97 Å². The summed E-state index contributed by atoms with van der Waals surface area (Å²) in [5.41, 5.74) is 4.60. The summed E-state index contributed by atoms with van der Waals surface area (Å²) in [6.07, 6.45) is 9.80. The van der Waals surface area contributed by atoms with Gasteiger partial charge in [-0.15, -0.1) is 0 Å². The Balaban J connectivity index is 1.62. The first kappa shape index (κ1) is 22.8. The number of hydrogen-bond acceptors (Lipinski definition) is 4. The Bertz CT molecular complexity index is 1130. The number of allylic oxidation sites excluding steroid dienone is 2. The lowest BCUT2D eigenvalue weighted by atomic mass is 9.75. The molecule has 1 amide bonds. The van der Waals surface area contributed by atoms with E-state index in [2.05, 4.69) is 41.3 Å². The summed E-state index contributed by atoms with van der Waals surface area (Å²) in [7, 11) is 0. The smallest absolute Gasteiger partial charge is 0.306 e. The molecule has 2 aromatic rings. The van der Waals surface area contributed by atoms with Crippen LogP contribution in [0, 0.1) is 22.7 Å². The molecule has 4 rings (SSSR count). The zero-order valence-electron chi connectivity index (χ0n) is 19.1. The van der Waals surface area contributed by atoms with E-state index in [0.717, 1.165) is 43.4 Å². The Hall–Kier alpha value is -3.40. The van der Waals surface area contributed by atoms with Crippen molar-refractivity contribution >= 4 is 23.1 Å². The number of carbonyl (C=O) groups is 2. The van der Waals surface area contributed by atoms with Crippen LogP contribution in [0.4, 0.5) is 5.69 Å². The molecule has 2 aliphatic carbocycles. The van der Waals surface area contributed by atoms with Crippen molar-refractivity contribution in [1.29, 1.82) is 5.26 Å². The van der Waals surface area contributed by atoms with Gasteiger partial charge in [0, 0.05) is 17.4 Å². The van der Waals surface area contributed by atoms with Crippen LogP contribution in [0.15, 0.2) is 30.5 Å². The number of hydrogen-bond donors (Lipinski definition) is 3. The second-order valence-corrected chi connectivity index (χ2v) is 9.99. The van der Waals surface area contributed by atoms with Gasteiger partial charge in [-0.3, -0.25) is 9.59 Å². The predicted octanol–water partition coefficient (Wildman–Crippen LogP) is 5.49. The van der Waals surface area contributed by atoms with Crippen molar-refractivity contribution in [2.45, 2.75) is 64.7 Å². The number of aromatic amines is 1. The molecule has 3 N–H and O–H groups in total. The maximum Gasteiger partial charge on any atom is 0.306 e. The van der Waals surface area contributed by atoms with Gasteiger partial charge in [0.1, 0.15) is 6.07 Å². The second-order valence-electron chi connectivity index (χ2n) is 9.99. The maximum atomic E-state index is 12.8. The third-order valence-corrected chi connectivity index (χ3v) is 7.07. The molecule has 1 aromatic heterocycles. The third kappa shape index (κ3) is 5.16. The van der Waals surface area contributed by atoms with Gasteiger partial charge in [-0.2, -0.15) is 5.26 Å². The molecule has 33 heavy (non-hydrogen) atoms. The highest BCUT2D eigenvalue weighted by molar-refractivity contribution is 6.03. The van der Waals surface area contributed by atoms with Crippen molar-refractivity contribution in [3.8, 4) is 6.07 Å². The molecule has 1 saturated carbocycles. The standard InChI is InChI=1S/C26H30N4O3/c1-26(2)11-9-17(10-12-26)21-13-19(16-3-5-18(6-4-16)25(32)33)7-8-22(21)30-24(31)23-28-15-20(14-27)29-23/h7-9,13,15-16,18H,3-6,10-12H2,1-2H3,(H,28,29)(H,30,31)(H,32,33). The van der Waals surface area contributed by atoms with E-state index in [4.69, 9.17) is 5.26 Å². The molecule has 0 saturated heterocycles. The number of anilines is 1. The molecule has 0 atom stereocenters. The lowest BCUT2D eigenvalue weighted by molar-refractivity contribution is -0.142. The van der Waals surface area contributed by atoms with E-state index < -0.39 is 5.97 Å². The molecule has 0 aliphatic heterocycles. The number of carbonyl (C=O) groups excluding carboxylic acids is 1. The number of amides is 1. The van der Waals surface area contributed by atoms with Crippen LogP contribution in [0.25, 0.3) is 5.57 Å². The van der Waals surface area contributed by atoms with E-state index in [1.165, 1.54) is 17.3 Å². The Labute approximate surface area is 193 Å². The van der Waals surface area contributed by atoms with E-state index in [0.29, 0.717) is 18.8 Å². The fourth-order valence-electron chi connectivity index (χ4n) is 4.86. The Kier molecular flexibility index (Phi) is 6.37. The minimum Gasteiger partial charge on any atom is -0.481 e. The summed E-state index contributed by atoms with van der Waals surface area (Å²) in [6.45, 7) is 4.54. The third-order valence-electron chi connectivity index (χ3n) is 7.07. The number of carboxylic acid groups (broad SMARTS) is 1. The van der Waals surface area contributed by atoms with Crippen LogP contribution >= 0.6 is 0 Å². The number of H-pyrrole nitrogens is 1. The highest BCUT2D eigenvalue weighted by Gasteiger charge is 2.28. The maximum absolute atomic E-state index is 12.8. The van der Waals surface area contributed by atoms with Crippen LogP contribution < -0.4 is 5.32 Å². The molecule has 7 nitrogen and oxygen atoms in total. The SMILES string of the molecule is CC1(C)CC=C(c2cc(C3CCC(C(=O)O)CC3)ccc2NC(=O)c2nc(C#N)c[nH]2)CC1. The van der Waals surface area contributed by atoms with Gasteiger partial charge in [-0.05, 0) is 79.5 Å². The average molecular weight is 447 g/mol. The van der Waals surface area contributed by atoms with Crippen molar-refractivity contribution in [3.05, 3.63) is 53.1 Å². The number of nitriles is 1. The number of imidazole rings is 1. The summed E-state index contributed by atoms with van der Waals surface area (Å²) in [4.78, 5) is 30.9. The van der Waals surface area contributed by atoms with Gasteiger partial charge in [0.15, 0.2) is 11.5 Å². The average Bonchev–Trinajstić information content (AvgIpc) is 3.29. The minimum absolute atomic E-state index is 0.104. The lowest BCUT2D eigenvalue weighted by Crippen LogP contribution is -2.21. The van der Waals surface area contributed by atoms with Crippen molar-refractivity contribution < 1.29 is 14.7 Å². The number of rotatable bonds is 5. The molecule has 1 fully saturated rings. The fraction of sp³-hybridized carbons (Fsp3) is 0.462. The molecule has 0 bridgehead atoms. The zero-order chi connectivity index (χ0) is 23.6. The topological polar surface area (TPSA) is 119 Å². The van der Waals surface area contributed by atoms with E-state index >= 15 is 0 Å². The summed E-state index contributed by atoms with van der Waals surface area (Å²) in [6, 6.07) is 8.09. The van der Waals surface area contributed by atoms with E-state index in [1.54, 1.807) is 0 Å². The van der Waals surface area contributed by atoms with Gasteiger partial charge < -0.3 is 15.4 Å². The number of nitrogens with zero attached hydrogens (tertiary/aromatic N) is 2. The van der Waals surface area contributed by atoms with Gasteiger partial charge >= 0.3 is 5.97 Å². The van der Waals surface area contributed by atoms with Crippen LogP contribution in [0.1, 0.15) is 92.2 Å². The Morgan fingerprint density at radius 1 is 1.24 bits per heavy atom.